The van der Waals surface area contributed by atoms with Crippen molar-refractivity contribution in [3.63, 3.8) is 0 Å². The Morgan fingerprint density at radius 3 is 2.59 bits per heavy atom. The van der Waals surface area contributed by atoms with Crippen LogP contribution < -0.4 is 14.8 Å². The van der Waals surface area contributed by atoms with Crippen molar-refractivity contribution >= 4 is 29.4 Å². The average Bonchev–Trinajstić information content (AvgIpc) is 3.31. The summed E-state index contributed by atoms with van der Waals surface area (Å²) in [4.78, 5) is 37.1. The Labute approximate surface area is 213 Å². The standard InChI is InChI=1S/C24H21F3N4O5S/c1-31(18-9-10-20(33)28-22(18)34)11-17-15(12-32)3-2-4-19(17)35-13-21-29-30-23(37-21)14-5-7-16(8-6-14)36-24(25,26)27/h2-8,12,18H,9-11,13H2,1H3,(H,28,33,34). The average molecular weight is 535 g/mol. The molecule has 0 saturated carbocycles. The molecule has 2 aromatic carbocycles. The highest BCUT2D eigenvalue weighted by Crippen LogP contribution is 2.30. The molecule has 1 atom stereocenters. The van der Waals surface area contributed by atoms with E-state index in [9.17, 15) is 27.6 Å². The van der Waals surface area contributed by atoms with Crippen LogP contribution in [0.5, 0.6) is 11.5 Å². The number of nitrogens with one attached hydrogen (secondary N) is 1. The molecule has 194 valence electrons. The van der Waals surface area contributed by atoms with Crippen LogP contribution in [-0.4, -0.2) is 52.6 Å². The van der Waals surface area contributed by atoms with Crippen LogP contribution in [0.4, 0.5) is 13.2 Å². The van der Waals surface area contributed by atoms with Crippen LogP contribution >= 0.6 is 11.3 Å². The molecule has 37 heavy (non-hydrogen) atoms. The third kappa shape index (κ3) is 6.68. The van der Waals surface area contributed by atoms with Crippen molar-refractivity contribution in [3.05, 3.63) is 58.6 Å². The summed E-state index contributed by atoms with van der Waals surface area (Å²) in [5.41, 5.74) is 1.54. The fourth-order valence-corrected chi connectivity index (χ4v) is 4.59. The highest BCUT2D eigenvalue weighted by atomic mass is 32.1. The second-order valence-corrected chi connectivity index (χ2v) is 9.25. The second kappa shape index (κ2) is 11.0. The minimum atomic E-state index is -4.77. The molecule has 1 aromatic heterocycles. The lowest BCUT2D eigenvalue weighted by molar-refractivity contribution is -0.274. The first-order valence-corrected chi connectivity index (χ1v) is 11.9. The Kier molecular flexibility index (Phi) is 7.83. The van der Waals surface area contributed by atoms with Gasteiger partial charge in [0.15, 0.2) is 11.3 Å². The number of carbonyl (C=O) groups excluding carboxylic acids is 3. The van der Waals surface area contributed by atoms with Crippen LogP contribution in [0, 0.1) is 0 Å². The van der Waals surface area contributed by atoms with Gasteiger partial charge < -0.3 is 9.47 Å². The fraction of sp³-hybridized carbons (Fsp3) is 0.292. The number of aromatic nitrogens is 2. The van der Waals surface area contributed by atoms with Gasteiger partial charge in [-0.2, -0.15) is 0 Å². The van der Waals surface area contributed by atoms with Crippen molar-refractivity contribution in [3.8, 4) is 22.1 Å². The lowest BCUT2D eigenvalue weighted by atomic mass is 10.0. The van der Waals surface area contributed by atoms with Crippen LogP contribution in [0.15, 0.2) is 42.5 Å². The van der Waals surface area contributed by atoms with Crippen LogP contribution in [0.25, 0.3) is 10.6 Å². The van der Waals surface area contributed by atoms with Crippen LogP contribution in [0.3, 0.4) is 0 Å². The van der Waals surface area contributed by atoms with E-state index >= 15 is 0 Å². The summed E-state index contributed by atoms with van der Waals surface area (Å²) >= 11 is 1.20. The third-order valence-electron chi connectivity index (χ3n) is 5.60. The second-order valence-electron chi connectivity index (χ2n) is 8.19. The number of halogens is 3. The summed E-state index contributed by atoms with van der Waals surface area (Å²) in [7, 11) is 1.73. The van der Waals surface area contributed by atoms with Gasteiger partial charge in [-0.3, -0.25) is 24.6 Å². The van der Waals surface area contributed by atoms with Gasteiger partial charge >= 0.3 is 6.36 Å². The molecule has 0 bridgehead atoms. The van der Waals surface area contributed by atoms with Crippen LogP contribution in [0.1, 0.15) is 33.8 Å². The van der Waals surface area contributed by atoms with E-state index in [1.54, 1.807) is 30.1 Å². The number of hydrogen-bond acceptors (Lipinski definition) is 9. The van der Waals surface area contributed by atoms with Gasteiger partial charge in [0, 0.05) is 29.7 Å². The Morgan fingerprint density at radius 2 is 1.92 bits per heavy atom. The van der Waals surface area contributed by atoms with Gasteiger partial charge in [0.05, 0.1) is 6.04 Å². The number of carbonyl (C=O) groups is 3. The molecule has 0 spiro atoms. The quantitative estimate of drug-likeness (QED) is 0.327. The van der Waals surface area contributed by atoms with E-state index in [-0.39, 0.29) is 37.1 Å². The van der Waals surface area contributed by atoms with Crippen LogP contribution in [-0.2, 0) is 22.7 Å². The predicted octanol–water partition coefficient (Wildman–Crippen LogP) is 3.73. The zero-order valence-electron chi connectivity index (χ0n) is 19.4. The first-order valence-electron chi connectivity index (χ1n) is 11.1. The van der Waals surface area contributed by atoms with Gasteiger partial charge in [0.1, 0.15) is 23.1 Å². The van der Waals surface area contributed by atoms with Crippen molar-refractivity contribution in [2.24, 2.45) is 0 Å². The molecule has 13 heteroatoms. The number of imide groups is 1. The number of amides is 2. The zero-order valence-corrected chi connectivity index (χ0v) is 20.3. The number of hydrogen-bond donors (Lipinski definition) is 1. The molecule has 1 fully saturated rings. The molecule has 1 N–H and O–H groups in total. The molecule has 9 nitrogen and oxygen atoms in total. The molecule has 0 radical (unpaired) electrons. The Bertz CT molecular complexity index is 1300. The zero-order chi connectivity index (χ0) is 26.6. The van der Waals surface area contributed by atoms with E-state index in [4.69, 9.17) is 4.74 Å². The number of piperidine rings is 1. The van der Waals surface area contributed by atoms with E-state index in [0.29, 0.717) is 45.2 Å². The van der Waals surface area contributed by atoms with E-state index in [0.717, 1.165) is 0 Å². The topological polar surface area (TPSA) is 111 Å². The molecule has 1 aliphatic heterocycles. The summed E-state index contributed by atoms with van der Waals surface area (Å²) in [5.74, 6) is -0.610. The summed E-state index contributed by atoms with van der Waals surface area (Å²) in [6.45, 7) is 0.259. The fourth-order valence-electron chi connectivity index (χ4n) is 3.83. The predicted molar refractivity (Wildman–Crippen MR) is 126 cm³/mol. The highest BCUT2D eigenvalue weighted by molar-refractivity contribution is 7.14. The number of likely N-dealkylation sites (N-methyl/N-ethyl adjacent to an activating group) is 1. The molecule has 4 rings (SSSR count). The Morgan fingerprint density at radius 1 is 1.16 bits per heavy atom. The Balaban J connectivity index is 1.44. The summed E-state index contributed by atoms with van der Waals surface area (Å²) in [6.07, 6.45) is -3.46. The first kappa shape index (κ1) is 26.2. The van der Waals surface area contributed by atoms with Crippen molar-refractivity contribution in [2.75, 3.05) is 7.05 Å². The molecule has 1 aliphatic rings. The van der Waals surface area contributed by atoms with E-state index in [2.05, 4.69) is 20.3 Å². The number of ether oxygens (including phenoxy) is 2. The van der Waals surface area contributed by atoms with Crippen molar-refractivity contribution < 1.29 is 37.0 Å². The van der Waals surface area contributed by atoms with Crippen molar-refractivity contribution in [2.45, 2.75) is 38.4 Å². The van der Waals surface area contributed by atoms with Gasteiger partial charge in [0.25, 0.3) is 0 Å². The van der Waals surface area contributed by atoms with Gasteiger partial charge in [0.2, 0.25) is 11.8 Å². The third-order valence-corrected chi connectivity index (χ3v) is 6.54. The lowest BCUT2D eigenvalue weighted by Gasteiger charge is -2.30. The van der Waals surface area contributed by atoms with E-state index in [1.165, 1.54) is 35.6 Å². The monoisotopic (exact) mass is 534 g/mol. The maximum Gasteiger partial charge on any atom is 0.573 e. The lowest BCUT2D eigenvalue weighted by Crippen LogP contribution is -2.51. The van der Waals surface area contributed by atoms with Gasteiger partial charge in [-0.05, 0) is 43.8 Å². The normalized spacial score (nSPS) is 16.0. The van der Waals surface area contributed by atoms with Crippen LogP contribution in [0.2, 0.25) is 0 Å². The molecule has 1 saturated heterocycles. The largest absolute Gasteiger partial charge is 0.573 e. The Hall–Kier alpha value is -3.84. The molecule has 2 amide bonds. The molecule has 2 heterocycles. The minimum absolute atomic E-state index is 0.0321. The van der Waals surface area contributed by atoms with Crippen molar-refractivity contribution in [1.29, 1.82) is 0 Å². The molecular formula is C24H21F3N4O5S. The maximum atomic E-state index is 12.4. The summed E-state index contributed by atoms with van der Waals surface area (Å²) in [5, 5.41) is 11.5. The maximum absolute atomic E-state index is 12.4. The summed E-state index contributed by atoms with van der Waals surface area (Å²) in [6, 6.07) is 9.76. The molecule has 0 aliphatic carbocycles. The molecule has 3 aromatic rings. The number of nitrogens with zero attached hydrogens (tertiary/aromatic N) is 3. The number of alkyl halides is 3. The number of rotatable bonds is 9. The highest BCUT2D eigenvalue weighted by Gasteiger charge is 2.31. The number of benzene rings is 2. The van der Waals surface area contributed by atoms with Gasteiger partial charge in [-0.25, -0.2) is 0 Å². The smallest absolute Gasteiger partial charge is 0.486 e. The van der Waals surface area contributed by atoms with E-state index < -0.39 is 12.4 Å². The number of aldehydes is 1. The molecular weight excluding hydrogens is 513 g/mol. The minimum Gasteiger partial charge on any atom is -0.486 e. The summed E-state index contributed by atoms with van der Waals surface area (Å²) < 4.78 is 46.9. The first-order chi connectivity index (χ1) is 17.6. The van der Waals surface area contributed by atoms with E-state index in [1.807, 2.05) is 0 Å². The SMILES string of the molecule is CN(Cc1c(C=O)cccc1OCc1nnc(-c2ccc(OC(F)(F)F)cc2)s1)C1CCC(=O)NC1=O. The molecule has 1 unspecified atom stereocenters. The van der Waals surface area contributed by atoms with Crippen molar-refractivity contribution in [1.82, 2.24) is 20.4 Å². The van der Waals surface area contributed by atoms with Gasteiger partial charge in [-0.15, -0.1) is 23.4 Å². The van der Waals surface area contributed by atoms with Gasteiger partial charge in [-0.1, -0.05) is 23.5 Å².